The van der Waals surface area contributed by atoms with Gasteiger partial charge in [0, 0.05) is 13.0 Å². The molecule has 35 heavy (non-hydrogen) atoms. The smallest absolute Gasteiger partial charge is 0.326 e. The summed E-state index contributed by atoms with van der Waals surface area (Å²) in [6.07, 6.45) is 0.430. The summed E-state index contributed by atoms with van der Waals surface area (Å²) < 4.78 is 0. The summed E-state index contributed by atoms with van der Waals surface area (Å²) >= 11 is 0. The second-order valence-electron chi connectivity index (χ2n) is 9.05. The topological polar surface area (TPSA) is 179 Å². The number of benzene rings is 1. The van der Waals surface area contributed by atoms with Gasteiger partial charge in [0.1, 0.15) is 18.1 Å². The lowest BCUT2D eigenvalue weighted by atomic mass is 10.00. The summed E-state index contributed by atoms with van der Waals surface area (Å²) in [7, 11) is 0. The van der Waals surface area contributed by atoms with Crippen LogP contribution in [0.3, 0.4) is 0 Å². The van der Waals surface area contributed by atoms with E-state index < -0.39 is 60.2 Å². The lowest BCUT2D eigenvalue weighted by Crippen LogP contribution is -2.58. The fraction of sp³-hybridized carbons (Fsp3) is 0.542. The van der Waals surface area contributed by atoms with Crippen molar-refractivity contribution in [1.29, 1.82) is 0 Å². The molecule has 0 saturated carbocycles. The van der Waals surface area contributed by atoms with Gasteiger partial charge in [-0.25, -0.2) is 4.79 Å². The molecule has 3 amide bonds. The summed E-state index contributed by atoms with van der Waals surface area (Å²) in [5.74, 6) is -4.54. The second kappa shape index (κ2) is 12.8. The van der Waals surface area contributed by atoms with E-state index in [1.807, 2.05) is 30.3 Å². The van der Waals surface area contributed by atoms with E-state index in [-0.39, 0.29) is 31.7 Å². The molecule has 1 aromatic carbocycles. The molecule has 2 rings (SSSR count). The van der Waals surface area contributed by atoms with Gasteiger partial charge in [-0.2, -0.15) is 0 Å². The van der Waals surface area contributed by atoms with Crippen LogP contribution in [0.4, 0.5) is 0 Å². The predicted octanol–water partition coefficient (Wildman–Crippen LogP) is 0.122. The average molecular weight is 491 g/mol. The molecule has 192 valence electrons. The highest BCUT2D eigenvalue weighted by molar-refractivity contribution is 5.94. The first-order valence-corrected chi connectivity index (χ1v) is 11.7. The summed E-state index contributed by atoms with van der Waals surface area (Å²) in [6, 6.07) is 4.97. The maximum Gasteiger partial charge on any atom is 0.326 e. The van der Waals surface area contributed by atoms with Gasteiger partial charge in [0.05, 0.1) is 6.04 Å². The molecule has 0 aliphatic carbocycles. The zero-order valence-corrected chi connectivity index (χ0v) is 20.0. The third-order valence-electron chi connectivity index (χ3n) is 5.96. The maximum absolute atomic E-state index is 13.1. The van der Waals surface area contributed by atoms with Crippen LogP contribution in [-0.4, -0.2) is 75.5 Å². The fourth-order valence-corrected chi connectivity index (χ4v) is 4.03. The SMILES string of the molecule is CC(C)C(NC(=O)C(N)Cc1ccccc1)C(=O)NC(CCC(=O)O)C(=O)N1CCCC1C(=O)O. The number of rotatable bonds is 12. The van der Waals surface area contributed by atoms with Crippen molar-refractivity contribution in [2.45, 2.75) is 70.1 Å². The molecule has 0 radical (unpaired) electrons. The van der Waals surface area contributed by atoms with Crippen LogP contribution in [0.2, 0.25) is 0 Å². The number of aliphatic carboxylic acids is 2. The van der Waals surface area contributed by atoms with Gasteiger partial charge in [-0.15, -0.1) is 0 Å². The van der Waals surface area contributed by atoms with Gasteiger partial charge < -0.3 is 31.5 Å². The molecule has 1 fully saturated rings. The number of nitrogens with two attached hydrogens (primary N) is 1. The largest absolute Gasteiger partial charge is 0.481 e. The molecule has 11 nitrogen and oxygen atoms in total. The number of hydrogen-bond acceptors (Lipinski definition) is 6. The molecule has 6 N–H and O–H groups in total. The Kier molecular flexibility index (Phi) is 10.2. The van der Waals surface area contributed by atoms with Crippen molar-refractivity contribution < 1.29 is 34.2 Å². The van der Waals surface area contributed by atoms with Gasteiger partial charge >= 0.3 is 11.9 Å². The Morgan fingerprint density at radius 1 is 1.06 bits per heavy atom. The molecule has 1 aliphatic heterocycles. The van der Waals surface area contributed by atoms with Gasteiger partial charge in [-0.05, 0) is 37.2 Å². The summed E-state index contributed by atoms with van der Waals surface area (Å²) in [6.45, 7) is 3.62. The first-order valence-electron chi connectivity index (χ1n) is 11.7. The van der Waals surface area contributed by atoms with E-state index in [2.05, 4.69) is 10.6 Å². The van der Waals surface area contributed by atoms with Crippen LogP contribution >= 0.6 is 0 Å². The Bertz CT molecular complexity index is 922. The fourth-order valence-electron chi connectivity index (χ4n) is 4.03. The molecule has 0 spiro atoms. The molecule has 1 aliphatic rings. The van der Waals surface area contributed by atoms with Crippen molar-refractivity contribution in [3.8, 4) is 0 Å². The number of carboxylic acids is 2. The Hall–Kier alpha value is -3.47. The van der Waals surface area contributed by atoms with Crippen LogP contribution in [0.25, 0.3) is 0 Å². The Labute approximate surface area is 204 Å². The molecule has 1 saturated heterocycles. The van der Waals surface area contributed by atoms with E-state index in [0.717, 1.165) is 10.5 Å². The van der Waals surface area contributed by atoms with Crippen molar-refractivity contribution in [2.24, 2.45) is 11.7 Å². The molecular weight excluding hydrogens is 456 g/mol. The molecule has 4 atom stereocenters. The standard InChI is InChI=1S/C24H34N4O7/c1-14(2)20(27-21(31)16(25)13-15-7-4-3-5-8-15)22(32)26-17(10-11-19(29)30)23(33)28-12-6-9-18(28)24(34)35/h3-5,7-8,14,16-18,20H,6,9-13,25H2,1-2H3,(H,26,32)(H,27,31)(H,29,30)(H,34,35). The van der Waals surface area contributed by atoms with E-state index in [1.165, 1.54) is 0 Å². The van der Waals surface area contributed by atoms with Crippen LogP contribution in [0.1, 0.15) is 45.1 Å². The second-order valence-corrected chi connectivity index (χ2v) is 9.05. The monoisotopic (exact) mass is 490 g/mol. The van der Waals surface area contributed by atoms with Gasteiger partial charge in [0.2, 0.25) is 17.7 Å². The number of carbonyl (C=O) groups is 5. The van der Waals surface area contributed by atoms with Gasteiger partial charge in [-0.3, -0.25) is 19.2 Å². The van der Waals surface area contributed by atoms with Gasteiger partial charge in [0.25, 0.3) is 0 Å². The van der Waals surface area contributed by atoms with E-state index in [9.17, 15) is 29.1 Å². The number of nitrogens with one attached hydrogen (secondary N) is 2. The number of nitrogens with zero attached hydrogens (tertiary/aromatic N) is 1. The Balaban J connectivity index is 2.11. The van der Waals surface area contributed by atoms with Crippen LogP contribution in [0.5, 0.6) is 0 Å². The first kappa shape index (κ1) is 27.8. The molecule has 0 bridgehead atoms. The minimum atomic E-state index is -1.24. The molecule has 4 unspecified atom stereocenters. The van der Waals surface area contributed by atoms with Crippen molar-refractivity contribution in [3.05, 3.63) is 35.9 Å². The van der Waals surface area contributed by atoms with Crippen molar-refractivity contribution in [3.63, 3.8) is 0 Å². The third-order valence-corrected chi connectivity index (χ3v) is 5.96. The van der Waals surface area contributed by atoms with Gasteiger partial charge in [-0.1, -0.05) is 44.2 Å². The summed E-state index contributed by atoms with van der Waals surface area (Å²) in [5.41, 5.74) is 6.89. The average Bonchev–Trinajstić information content (AvgIpc) is 3.30. The van der Waals surface area contributed by atoms with Gasteiger partial charge in [0.15, 0.2) is 0 Å². The Morgan fingerprint density at radius 3 is 2.29 bits per heavy atom. The highest BCUT2D eigenvalue weighted by Crippen LogP contribution is 2.20. The summed E-state index contributed by atoms with van der Waals surface area (Å²) in [5, 5.41) is 23.6. The maximum atomic E-state index is 13.1. The molecular formula is C24H34N4O7. The number of hydrogen-bond donors (Lipinski definition) is 5. The predicted molar refractivity (Wildman–Crippen MR) is 126 cm³/mol. The minimum Gasteiger partial charge on any atom is -0.481 e. The molecule has 11 heteroatoms. The zero-order valence-electron chi connectivity index (χ0n) is 20.0. The van der Waals surface area contributed by atoms with E-state index in [1.54, 1.807) is 13.8 Å². The lowest BCUT2D eigenvalue weighted by molar-refractivity contribution is -0.150. The highest BCUT2D eigenvalue weighted by Gasteiger charge is 2.38. The molecule has 0 aromatic heterocycles. The van der Waals surface area contributed by atoms with Crippen molar-refractivity contribution in [1.82, 2.24) is 15.5 Å². The number of amides is 3. The number of likely N-dealkylation sites (tertiary alicyclic amines) is 1. The van der Waals surface area contributed by atoms with Crippen LogP contribution in [-0.2, 0) is 30.4 Å². The lowest BCUT2D eigenvalue weighted by Gasteiger charge is -2.29. The summed E-state index contributed by atoms with van der Waals surface area (Å²) in [4.78, 5) is 62.6. The molecule has 1 aromatic rings. The van der Waals surface area contributed by atoms with Crippen LogP contribution in [0.15, 0.2) is 30.3 Å². The Morgan fingerprint density at radius 2 is 1.71 bits per heavy atom. The van der Waals surface area contributed by atoms with E-state index >= 15 is 0 Å². The van der Waals surface area contributed by atoms with E-state index in [4.69, 9.17) is 10.8 Å². The third kappa shape index (κ3) is 8.06. The number of carbonyl (C=O) groups excluding carboxylic acids is 3. The molecule has 1 heterocycles. The normalized spacial score (nSPS) is 17.9. The minimum absolute atomic E-state index is 0.202. The van der Waals surface area contributed by atoms with Crippen LogP contribution < -0.4 is 16.4 Å². The zero-order chi connectivity index (χ0) is 26.1. The van der Waals surface area contributed by atoms with Crippen molar-refractivity contribution in [2.75, 3.05) is 6.54 Å². The van der Waals surface area contributed by atoms with Crippen molar-refractivity contribution >= 4 is 29.7 Å². The number of carboxylic acid groups (broad SMARTS) is 2. The first-order chi connectivity index (χ1) is 16.5. The quantitative estimate of drug-likeness (QED) is 0.274. The highest BCUT2D eigenvalue weighted by atomic mass is 16.4. The van der Waals surface area contributed by atoms with Crippen LogP contribution in [0, 0.1) is 5.92 Å². The van der Waals surface area contributed by atoms with E-state index in [0.29, 0.717) is 6.42 Å².